The number of hydrogen-bond donors (Lipinski definition) is 2. The lowest BCUT2D eigenvalue weighted by atomic mass is 10.0. The van der Waals surface area contributed by atoms with Crippen LogP contribution in [0.1, 0.15) is 27.9 Å². The number of thiocarbonyl (C=S) groups is 1. The summed E-state index contributed by atoms with van der Waals surface area (Å²) in [4.78, 5) is 40.9. The van der Waals surface area contributed by atoms with Crippen molar-refractivity contribution in [1.82, 2.24) is 9.80 Å². The third-order valence-electron chi connectivity index (χ3n) is 7.46. The van der Waals surface area contributed by atoms with Crippen molar-refractivity contribution in [3.05, 3.63) is 88.3 Å². The Kier molecular flexibility index (Phi) is 11.0. The Morgan fingerprint density at radius 2 is 1.68 bits per heavy atom. The number of halogens is 3. The van der Waals surface area contributed by atoms with E-state index in [9.17, 15) is 27.6 Å². The molecule has 5 rings (SSSR count). The molecule has 0 saturated carbocycles. The Balaban J connectivity index is 1.31. The van der Waals surface area contributed by atoms with E-state index in [0.29, 0.717) is 59.4 Å². The van der Waals surface area contributed by atoms with E-state index in [0.717, 1.165) is 37.0 Å². The molecule has 9 nitrogen and oxygen atoms in total. The predicted molar refractivity (Wildman–Crippen MR) is 176 cm³/mol. The van der Waals surface area contributed by atoms with Crippen LogP contribution in [-0.4, -0.2) is 83.0 Å². The Bertz CT molecular complexity index is 1670. The van der Waals surface area contributed by atoms with Gasteiger partial charge in [0.15, 0.2) is 0 Å². The molecule has 14 heteroatoms. The smallest absolute Gasteiger partial charge is 0.416 e. The van der Waals surface area contributed by atoms with Crippen LogP contribution in [0.5, 0.6) is 5.75 Å². The fourth-order valence-corrected chi connectivity index (χ4v) is 6.20. The molecule has 2 aliphatic heterocycles. The topological polar surface area (TPSA) is 108 Å². The van der Waals surface area contributed by atoms with Gasteiger partial charge in [0.1, 0.15) is 16.7 Å². The summed E-state index contributed by atoms with van der Waals surface area (Å²) in [6.07, 6.45) is -2.87. The van der Waals surface area contributed by atoms with Crippen LogP contribution in [0.3, 0.4) is 0 Å². The van der Waals surface area contributed by atoms with E-state index in [-0.39, 0.29) is 28.8 Å². The molecule has 2 amide bonds. The van der Waals surface area contributed by atoms with Crippen molar-refractivity contribution >= 4 is 57.8 Å². The summed E-state index contributed by atoms with van der Waals surface area (Å²) >= 11 is 6.53. The van der Waals surface area contributed by atoms with Gasteiger partial charge >= 0.3 is 12.1 Å². The van der Waals surface area contributed by atoms with Crippen molar-refractivity contribution in [3.8, 4) is 16.9 Å². The van der Waals surface area contributed by atoms with Crippen LogP contribution in [-0.2, 0) is 20.5 Å². The van der Waals surface area contributed by atoms with E-state index in [1.807, 2.05) is 0 Å². The normalized spacial score (nSPS) is 16.5. The number of hydrogen-bond acceptors (Lipinski definition) is 8. The van der Waals surface area contributed by atoms with Gasteiger partial charge in [-0.1, -0.05) is 42.2 Å². The minimum Gasteiger partial charge on any atom is -0.492 e. The van der Waals surface area contributed by atoms with Gasteiger partial charge in [-0.15, -0.1) is 0 Å². The van der Waals surface area contributed by atoms with Crippen LogP contribution in [0.2, 0.25) is 0 Å². The fraction of sp³-hybridized carbons (Fsp3) is 0.273. The maximum Gasteiger partial charge on any atom is 0.416 e. The van der Waals surface area contributed by atoms with Crippen LogP contribution in [0.4, 0.5) is 18.9 Å². The Morgan fingerprint density at radius 3 is 2.34 bits per heavy atom. The highest BCUT2D eigenvalue weighted by atomic mass is 32.2. The molecule has 2 heterocycles. The molecule has 0 bridgehead atoms. The summed E-state index contributed by atoms with van der Waals surface area (Å²) in [6.45, 7) is 3.94. The van der Waals surface area contributed by atoms with Crippen LogP contribution in [0.15, 0.2) is 71.6 Å². The van der Waals surface area contributed by atoms with Gasteiger partial charge in [-0.25, -0.2) is 4.79 Å². The molecule has 0 atom stereocenters. The van der Waals surface area contributed by atoms with Crippen molar-refractivity contribution in [2.75, 3.05) is 51.3 Å². The monoisotopic (exact) mass is 685 g/mol. The van der Waals surface area contributed by atoms with E-state index in [4.69, 9.17) is 26.8 Å². The number of ether oxygens (including phenoxy) is 2. The summed E-state index contributed by atoms with van der Waals surface area (Å²) in [5.74, 6) is -1.36. The minimum absolute atomic E-state index is 0.0234. The molecule has 0 radical (unpaired) electrons. The van der Waals surface area contributed by atoms with Gasteiger partial charge < -0.3 is 19.9 Å². The zero-order chi connectivity index (χ0) is 33.6. The Hall–Kier alpha value is -4.24. The van der Waals surface area contributed by atoms with Gasteiger partial charge in [0.2, 0.25) is 5.91 Å². The number of benzene rings is 3. The largest absolute Gasteiger partial charge is 0.492 e. The highest BCUT2D eigenvalue weighted by Crippen LogP contribution is 2.37. The molecule has 2 fully saturated rings. The second kappa shape index (κ2) is 15.1. The lowest BCUT2D eigenvalue weighted by Crippen LogP contribution is -2.38. The summed E-state index contributed by atoms with van der Waals surface area (Å²) in [5, 5.41) is 11.7. The molecule has 3 aromatic rings. The molecule has 0 spiro atoms. The van der Waals surface area contributed by atoms with Gasteiger partial charge in [-0.2, -0.15) is 13.2 Å². The summed E-state index contributed by atoms with van der Waals surface area (Å²) in [6, 6.07) is 15.8. The number of carboxylic acids is 1. The van der Waals surface area contributed by atoms with Crippen molar-refractivity contribution < 1.29 is 42.1 Å². The Labute approximate surface area is 278 Å². The second-order valence-electron chi connectivity index (χ2n) is 10.6. The van der Waals surface area contributed by atoms with Crippen LogP contribution in [0.25, 0.3) is 17.2 Å². The first-order chi connectivity index (χ1) is 22.5. The van der Waals surface area contributed by atoms with E-state index in [1.54, 1.807) is 24.3 Å². The first-order valence-corrected chi connectivity index (χ1v) is 15.8. The van der Waals surface area contributed by atoms with Crippen molar-refractivity contribution in [2.24, 2.45) is 0 Å². The number of carbonyl (C=O) groups excluding carboxylic acids is 2. The van der Waals surface area contributed by atoms with Crippen molar-refractivity contribution in [3.63, 3.8) is 0 Å². The van der Waals surface area contributed by atoms with E-state index in [1.165, 1.54) is 41.3 Å². The van der Waals surface area contributed by atoms with Gasteiger partial charge in [0.05, 0.1) is 29.2 Å². The van der Waals surface area contributed by atoms with Crippen LogP contribution in [0, 0.1) is 0 Å². The molecule has 0 aromatic heterocycles. The summed E-state index contributed by atoms with van der Waals surface area (Å²) < 4.78 is 51.2. The molecule has 2 saturated heterocycles. The molecular formula is C33H30F3N3O6S2. The highest BCUT2D eigenvalue weighted by Gasteiger charge is 2.33. The average Bonchev–Trinajstić information content (AvgIpc) is 3.32. The van der Waals surface area contributed by atoms with Gasteiger partial charge in [0.25, 0.3) is 5.91 Å². The number of carboxylic acid groups (broad SMARTS) is 1. The molecular weight excluding hydrogens is 656 g/mol. The zero-order valence-electron chi connectivity index (χ0n) is 24.9. The van der Waals surface area contributed by atoms with Gasteiger partial charge in [-0.3, -0.25) is 19.4 Å². The third kappa shape index (κ3) is 8.98. The first-order valence-electron chi connectivity index (χ1n) is 14.6. The quantitative estimate of drug-likeness (QED) is 0.185. The van der Waals surface area contributed by atoms with Crippen LogP contribution < -0.4 is 10.1 Å². The number of morpholine rings is 1. The molecule has 2 aliphatic rings. The Morgan fingerprint density at radius 1 is 1.00 bits per heavy atom. The number of thioether (sulfide) groups is 1. The number of nitrogens with zero attached hydrogens (tertiary/aromatic N) is 2. The second-order valence-corrected chi connectivity index (χ2v) is 12.3. The lowest BCUT2D eigenvalue weighted by Gasteiger charge is -2.26. The predicted octanol–water partition coefficient (Wildman–Crippen LogP) is 6.01. The third-order valence-corrected chi connectivity index (χ3v) is 8.84. The average molecular weight is 686 g/mol. The van der Waals surface area contributed by atoms with Crippen molar-refractivity contribution in [1.29, 1.82) is 0 Å². The molecule has 2 N–H and O–H groups in total. The molecule has 246 valence electrons. The van der Waals surface area contributed by atoms with Crippen LogP contribution >= 0.6 is 24.0 Å². The highest BCUT2D eigenvalue weighted by molar-refractivity contribution is 8.26. The number of amides is 2. The SMILES string of the molecule is O=C(CCN1C(=O)/C(=C/c2cc(-c3ccc(C(F)(F)F)cc3)ccc2OCCN2CCOCC2)SC1=S)Nc1ccc(C(=O)O)cc1. The summed E-state index contributed by atoms with van der Waals surface area (Å²) in [7, 11) is 0. The van der Waals surface area contributed by atoms with Gasteiger partial charge in [-0.05, 0) is 65.7 Å². The van der Waals surface area contributed by atoms with E-state index in [2.05, 4.69) is 10.2 Å². The lowest BCUT2D eigenvalue weighted by molar-refractivity contribution is -0.137. The summed E-state index contributed by atoms with van der Waals surface area (Å²) in [5.41, 5.74) is 1.49. The number of nitrogens with one attached hydrogen (secondary N) is 1. The first kappa shape index (κ1) is 34.1. The molecule has 0 unspecified atom stereocenters. The zero-order valence-corrected chi connectivity index (χ0v) is 26.6. The van der Waals surface area contributed by atoms with Gasteiger partial charge in [0, 0.05) is 43.9 Å². The molecule has 47 heavy (non-hydrogen) atoms. The number of alkyl halides is 3. The number of carbonyl (C=O) groups is 3. The van der Waals surface area contributed by atoms with Crippen molar-refractivity contribution in [2.45, 2.75) is 12.6 Å². The van der Waals surface area contributed by atoms with E-state index < -0.39 is 23.6 Å². The number of rotatable bonds is 11. The van der Waals surface area contributed by atoms with E-state index >= 15 is 0 Å². The molecule has 0 aliphatic carbocycles. The number of aromatic carboxylic acids is 1. The maximum atomic E-state index is 13.4. The minimum atomic E-state index is -4.45. The number of anilines is 1. The maximum absolute atomic E-state index is 13.4. The molecule has 3 aromatic carbocycles. The standard InChI is InChI=1S/C33H30F3N3O6S2/c34-33(35,36)25-6-1-21(2-7-25)23-5-10-27(45-18-15-38-13-16-44-17-14-38)24(19-23)20-28-30(41)39(32(46)47-28)12-11-29(40)37-26-8-3-22(4-9-26)31(42)43/h1-10,19-20H,11-18H2,(H,37,40)(H,42,43)/b28-20-. The fourth-order valence-electron chi connectivity index (χ4n) is 4.90.